The smallest absolute Gasteiger partial charge is 0.335 e. The Morgan fingerprint density at radius 1 is 1.22 bits per heavy atom. The molecule has 12 heteroatoms. The molecule has 0 amide bonds. The molecule has 7 nitrogen and oxygen atoms in total. The number of hydrogen-bond donors (Lipinski definition) is 2. The number of hydrogen-bond acceptors (Lipinski definition) is 6. The Labute approximate surface area is 134 Å². The second-order valence-electron chi connectivity index (χ2n) is 4.23. The van der Waals surface area contributed by atoms with Crippen molar-refractivity contribution in [3.05, 3.63) is 36.2 Å². The highest BCUT2D eigenvalue weighted by Crippen LogP contribution is 2.28. The maximum absolute atomic E-state index is 12.5. The Morgan fingerprint density at radius 3 is 2.43 bits per heavy atom. The minimum atomic E-state index is -4.70. The zero-order valence-electron chi connectivity index (χ0n) is 11.5. The van der Waals surface area contributed by atoms with E-state index in [1.165, 1.54) is 12.1 Å². The highest BCUT2D eigenvalue weighted by atomic mass is 32.2. The highest BCUT2D eigenvalue weighted by molar-refractivity contribution is 7.99. The molecule has 0 radical (unpaired) electrons. The normalized spacial score (nSPS) is 12.5. The monoisotopic (exact) mass is 367 g/mol. The van der Waals surface area contributed by atoms with E-state index in [-0.39, 0.29) is 22.3 Å². The molecule has 0 saturated carbocycles. The summed E-state index contributed by atoms with van der Waals surface area (Å²) in [7, 11) is -3.66. The van der Waals surface area contributed by atoms with Gasteiger partial charge < -0.3 is 5.84 Å². The van der Waals surface area contributed by atoms with Crippen LogP contribution in [0.4, 0.5) is 13.2 Å². The van der Waals surface area contributed by atoms with Gasteiger partial charge in [-0.3, -0.25) is 0 Å². The molecule has 0 atom stereocenters. The Kier molecular flexibility index (Phi) is 5.16. The SMILES string of the molecule is Nn1c(SCCNS(=O)(=O)c2ccccc2)nnc1C(F)(F)F. The van der Waals surface area contributed by atoms with E-state index in [0.717, 1.165) is 11.8 Å². The molecule has 0 aliphatic rings. The lowest BCUT2D eigenvalue weighted by molar-refractivity contribution is -0.146. The number of thioether (sulfide) groups is 1. The fraction of sp³-hybridized carbons (Fsp3) is 0.273. The van der Waals surface area contributed by atoms with Crippen LogP contribution in [0.3, 0.4) is 0 Å². The number of nitrogens with two attached hydrogens (primary N) is 1. The van der Waals surface area contributed by atoms with Crippen molar-refractivity contribution < 1.29 is 21.6 Å². The van der Waals surface area contributed by atoms with E-state index in [2.05, 4.69) is 14.9 Å². The van der Waals surface area contributed by atoms with Gasteiger partial charge in [0, 0.05) is 12.3 Å². The van der Waals surface area contributed by atoms with E-state index >= 15 is 0 Å². The molecule has 2 aromatic rings. The van der Waals surface area contributed by atoms with Crippen LogP contribution in [0.25, 0.3) is 0 Å². The number of nitrogens with zero attached hydrogens (tertiary/aromatic N) is 3. The third kappa shape index (κ3) is 4.36. The Balaban J connectivity index is 1.90. The molecule has 0 fully saturated rings. The summed E-state index contributed by atoms with van der Waals surface area (Å²) in [5.41, 5.74) is 0. The average molecular weight is 367 g/mol. The van der Waals surface area contributed by atoms with E-state index in [9.17, 15) is 21.6 Å². The third-order valence-electron chi connectivity index (χ3n) is 2.60. The molecule has 3 N–H and O–H groups in total. The summed E-state index contributed by atoms with van der Waals surface area (Å²) >= 11 is 0.857. The van der Waals surface area contributed by atoms with Gasteiger partial charge in [0.15, 0.2) is 0 Å². The summed E-state index contributed by atoms with van der Waals surface area (Å²) in [6.45, 7) is -0.00386. The number of nitrogens with one attached hydrogen (secondary N) is 1. The summed E-state index contributed by atoms with van der Waals surface area (Å²) in [6.07, 6.45) is -4.70. The minimum Gasteiger partial charge on any atom is -0.335 e. The van der Waals surface area contributed by atoms with Crippen LogP contribution in [-0.2, 0) is 16.2 Å². The second kappa shape index (κ2) is 6.76. The van der Waals surface area contributed by atoms with Crippen LogP contribution in [0.2, 0.25) is 0 Å². The van der Waals surface area contributed by atoms with Gasteiger partial charge in [-0.1, -0.05) is 30.0 Å². The van der Waals surface area contributed by atoms with Crippen molar-refractivity contribution in [1.29, 1.82) is 0 Å². The third-order valence-corrected chi connectivity index (χ3v) is 5.02. The van der Waals surface area contributed by atoms with Crippen LogP contribution in [-0.4, -0.2) is 35.6 Å². The quantitative estimate of drug-likeness (QED) is 0.450. The number of rotatable bonds is 6. The van der Waals surface area contributed by atoms with E-state index in [4.69, 9.17) is 5.84 Å². The number of halogens is 3. The van der Waals surface area contributed by atoms with Gasteiger partial charge in [-0.15, -0.1) is 10.2 Å². The molecule has 23 heavy (non-hydrogen) atoms. The van der Waals surface area contributed by atoms with E-state index < -0.39 is 22.0 Å². The van der Waals surface area contributed by atoms with E-state index in [1.54, 1.807) is 18.2 Å². The molecule has 126 valence electrons. The largest absolute Gasteiger partial charge is 0.453 e. The number of benzene rings is 1. The summed E-state index contributed by atoms with van der Waals surface area (Å²) in [6, 6.07) is 7.71. The van der Waals surface area contributed by atoms with Crippen LogP contribution in [0, 0.1) is 0 Å². The molecule has 1 aromatic heterocycles. The molecule has 0 unspecified atom stereocenters. The van der Waals surface area contributed by atoms with Crippen LogP contribution in [0.1, 0.15) is 5.82 Å². The maximum atomic E-state index is 12.5. The van der Waals surface area contributed by atoms with Crippen molar-refractivity contribution in [2.24, 2.45) is 0 Å². The first kappa shape index (κ1) is 17.6. The fourth-order valence-electron chi connectivity index (χ4n) is 1.57. The maximum Gasteiger partial charge on any atom is 0.453 e. The molecule has 0 aliphatic heterocycles. The highest BCUT2D eigenvalue weighted by Gasteiger charge is 2.38. The first-order chi connectivity index (χ1) is 10.7. The molecule has 0 bridgehead atoms. The van der Waals surface area contributed by atoms with Crippen molar-refractivity contribution in [1.82, 2.24) is 19.6 Å². The van der Waals surface area contributed by atoms with Crippen molar-refractivity contribution in [3.63, 3.8) is 0 Å². The number of alkyl halides is 3. The van der Waals surface area contributed by atoms with Crippen molar-refractivity contribution >= 4 is 21.8 Å². The molecule has 1 heterocycles. The molecule has 1 aromatic carbocycles. The molecular weight excluding hydrogens is 355 g/mol. The summed E-state index contributed by atoms with van der Waals surface area (Å²) < 4.78 is 64.0. The van der Waals surface area contributed by atoms with Gasteiger partial charge in [-0.25, -0.2) is 17.8 Å². The van der Waals surface area contributed by atoms with Gasteiger partial charge in [0.2, 0.25) is 15.2 Å². The van der Waals surface area contributed by atoms with Crippen LogP contribution < -0.4 is 10.6 Å². The van der Waals surface area contributed by atoms with Gasteiger partial charge in [0.1, 0.15) is 0 Å². The van der Waals surface area contributed by atoms with Crippen molar-refractivity contribution in [2.45, 2.75) is 16.2 Å². The number of nitrogen functional groups attached to an aromatic ring is 1. The predicted molar refractivity (Wildman–Crippen MR) is 77.5 cm³/mol. The zero-order chi connectivity index (χ0) is 17.1. The summed E-state index contributed by atoms with van der Waals surface area (Å²) in [5.74, 6) is 4.08. The average Bonchev–Trinajstić information content (AvgIpc) is 2.86. The molecule has 2 rings (SSSR count). The minimum absolute atomic E-state index is 0.00386. The van der Waals surface area contributed by atoms with Crippen LogP contribution in [0.15, 0.2) is 40.4 Å². The first-order valence-corrected chi connectivity index (χ1v) is 8.64. The number of aromatic nitrogens is 3. The van der Waals surface area contributed by atoms with Gasteiger partial charge in [-0.05, 0) is 12.1 Å². The standard InChI is InChI=1S/C11H12F3N5O2S2/c12-11(13,14)9-17-18-10(19(9)15)22-7-6-16-23(20,21)8-4-2-1-3-5-8/h1-5,16H,6-7,15H2. The zero-order valence-corrected chi connectivity index (χ0v) is 13.1. The lowest BCUT2D eigenvalue weighted by atomic mass is 10.4. The molecule has 0 aliphatic carbocycles. The lowest BCUT2D eigenvalue weighted by Gasteiger charge is -2.07. The molecule has 0 saturated heterocycles. The van der Waals surface area contributed by atoms with Gasteiger partial charge in [0.05, 0.1) is 4.90 Å². The lowest BCUT2D eigenvalue weighted by Crippen LogP contribution is -2.26. The Bertz CT molecular complexity index is 762. The summed E-state index contributed by atoms with van der Waals surface area (Å²) in [4.78, 5) is 0.103. The Hall–Kier alpha value is -1.79. The fourth-order valence-corrected chi connectivity index (χ4v) is 3.46. The van der Waals surface area contributed by atoms with Crippen LogP contribution in [0.5, 0.6) is 0 Å². The molecule has 0 spiro atoms. The van der Waals surface area contributed by atoms with E-state index in [0.29, 0.717) is 4.68 Å². The van der Waals surface area contributed by atoms with Crippen LogP contribution >= 0.6 is 11.8 Å². The second-order valence-corrected chi connectivity index (χ2v) is 7.06. The first-order valence-electron chi connectivity index (χ1n) is 6.17. The number of sulfonamides is 1. The Morgan fingerprint density at radius 2 is 1.87 bits per heavy atom. The van der Waals surface area contributed by atoms with E-state index in [1.807, 2.05) is 0 Å². The molecular formula is C11H12F3N5O2S2. The van der Waals surface area contributed by atoms with Gasteiger partial charge >= 0.3 is 6.18 Å². The topological polar surface area (TPSA) is 103 Å². The van der Waals surface area contributed by atoms with Gasteiger partial charge in [-0.2, -0.15) is 13.2 Å². The predicted octanol–water partition coefficient (Wildman–Crippen LogP) is 1.08. The van der Waals surface area contributed by atoms with Crippen molar-refractivity contribution in [2.75, 3.05) is 18.1 Å². The van der Waals surface area contributed by atoms with Crippen molar-refractivity contribution in [3.8, 4) is 0 Å². The van der Waals surface area contributed by atoms with Gasteiger partial charge in [0.25, 0.3) is 5.82 Å². The summed E-state index contributed by atoms with van der Waals surface area (Å²) in [5, 5.41) is 6.14.